The van der Waals surface area contributed by atoms with Crippen LogP contribution >= 0.6 is 23.1 Å². The molecule has 1 unspecified atom stereocenters. The number of hydrogen-bond donors (Lipinski definition) is 2. The van der Waals surface area contributed by atoms with Gasteiger partial charge < -0.3 is 10.6 Å². The number of nitrogens with zero attached hydrogens (tertiary/aromatic N) is 3. The Hall–Kier alpha value is -2.11. The van der Waals surface area contributed by atoms with Crippen molar-refractivity contribution in [1.29, 1.82) is 5.26 Å². The summed E-state index contributed by atoms with van der Waals surface area (Å²) in [5, 5.41) is 24.4. The largest absolute Gasteiger partial charge is 0.337 e. The molecule has 142 valence electrons. The van der Waals surface area contributed by atoms with Crippen LogP contribution in [0.1, 0.15) is 44.6 Å². The highest BCUT2D eigenvalue weighted by Crippen LogP contribution is 2.32. The third-order valence-corrected chi connectivity index (χ3v) is 6.66. The molecule has 2 N–H and O–H groups in total. The summed E-state index contributed by atoms with van der Waals surface area (Å²) in [7, 11) is 0. The number of aromatic nitrogens is 2. The topological polar surface area (TPSA) is 90.7 Å². The van der Waals surface area contributed by atoms with Gasteiger partial charge in [0.05, 0.1) is 11.3 Å². The molecular formula is C19H23N5OS2. The molecule has 1 fully saturated rings. The van der Waals surface area contributed by atoms with E-state index in [0.29, 0.717) is 5.13 Å². The van der Waals surface area contributed by atoms with Crippen molar-refractivity contribution in [2.75, 3.05) is 5.32 Å². The number of carbonyl (C=O) groups is 1. The van der Waals surface area contributed by atoms with Crippen LogP contribution < -0.4 is 10.6 Å². The van der Waals surface area contributed by atoms with Crippen molar-refractivity contribution < 1.29 is 4.79 Å². The molecule has 1 heterocycles. The summed E-state index contributed by atoms with van der Waals surface area (Å²) in [6.07, 6.45) is 4.57. The number of benzene rings is 1. The van der Waals surface area contributed by atoms with Gasteiger partial charge in [-0.3, -0.25) is 4.79 Å². The Morgan fingerprint density at radius 1 is 1.26 bits per heavy atom. The standard InChI is InChI=1S/C19H23N5OS2/c1-13-6-8-15(9-7-13)21-17-23-24-18(27-17)26-14(2)16(25)22-19(12-20)10-4-3-5-11-19/h6-9,14H,3-5,10-11H2,1-2H3,(H,21,23)(H,22,25). The van der Waals surface area contributed by atoms with Gasteiger partial charge in [-0.2, -0.15) is 5.26 Å². The highest BCUT2D eigenvalue weighted by molar-refractivity contribution is 8.02. The smallest absolute Gasteiger partial charge is 0.234 e. The van der Waals surface area contributed by atoms with Gasteiger partial charge in [0.25, 0.3) is 0 Å². The Morgan fingerprint density at radius 3 is 2.63 bits per heavy atom. The molecule has 27 heavy (non-hydrogen) atoms. The Balaban J connectivity index is 1.56. The maximum Gasteiger partial charge on any atom is 0.234 e. The fourth-order valence-corrected chi connectivity index (χ4v) is 4.95. The molecule has 1 saturated carbocycles. The molecule has 1 amide bonds. The van der Waals surface area contributed by atoms with Crippen LogP contribution in [-0.2, 0) is 4.79 Å². The first-order valence-electron chi connectivity index (χ1n) is 9.07. The van der Waals surface area contributed by atoms with Crippen molar-refractivity contribution in [2.45, 2.75) is 61.1 Å². The van der Waals surface area contributed by atoms with Crippen molar-refractivity contribution in [1.82, 2.24) is 15.5 Å². The van der Waals surface area contributed by atoms with Gasteiger partial charge in [-0.25, -0.2) is 0 Å². The summed E-state index contributed by atoms with van der Waals surface area (Å²) in [6, 6.07) is 10.4. The van der Waals surface area contributed by atoms with Crippen LogP contribution in [0.5, 0.6) is 0 Å². The highest BCUT2D eigenvalue weighted by Gasteiger charge is 2.35. The SMILES string of the molecule is Cc1ccc(Nc2nnc(SC(C)C(=O)NC3(C#N)CCCCC3)s2)cc1. The van der Waals surface area contributed by atoms with E-state index in [2.05, 4.69) is 26.9 Å². The molecule has 1 atom stereocenters. The Kier molecular flexibility index (Phi) is 6.34. The van der Waals surface area contributed by atoms with Crippen molar-refractivity contribution in [3.05, 3.63) is 29.8 Å². The van der Waals surface area contributed by atoms with Crippen LogP contribution in [-0.4, -0.2) is 26.9 Å². The number of carbonyl (C=O) groups excluding carboxylic acids is 1. The average molecular weight is 402 g/mol. The van der Waals surface area contributed by atoms with Crippen LogP contribution in [0.15, 0.2) is 28.6 Å². The Bertz CT molecular complexity index is 821. The number of nitriles is 1. The lowest BCUT2D eigenvalue weighted by Gasteiger charge is -2.32. The van der Waals surface area contributed by atoms with E-state index in [1.54, 1.807) is 0 Å². The lowest BCUT2D eigenvalue weighted by Crippen LogP contribution is -2.50. The van der Waals surface area contributed by atoms with Gasteiger partial charge >= 0.3 is 0 Å². The second-order valence-corrected chi connectivity index (χ2v) is 9.43. The zero-order valence-electron chi connectivity index (χ0n) is 15.5. The molecule has 2 aromatic rings. The normalized spacial score (nSPS) is 16.9. The monoisotopic (exact) mass is 401 g/mol. The minimum absolute atomic E-state index is 0.119. The molecule has 1 aliphatic rings. The fourth-order valence-electron chi connectivity index (χ4n) is 3.03. The predicted molar refractivity (Wildman–Crippen MR) is 109 cm³/mol. The molecule has 1 aromatic heterocycles. The van der Waals surface area contributed by atoms with Crippen LogP contribution in [0.25, 0.3) is 0 Å². The summed E-state index contributed by atoms with van der Waals surface area (Å²) >= 11 is 2.78. The van der Waals surface area contributed by atoms with Gasteiger partial charge in [-0.15, -0.1) is 10.2 Å². The molecule has 0 saturated heterocycles. The maximum atomic E-state index is 12.6. The number of hydrogen-bond acceptors (Lipinski definition) is 7. The summed E-state index contributed by atoms with van der Waals surface area (Å²) in [4.78, 5) is 12.6. The fraction of sp³-hybridized carbons (Fsp3) is 0.474. The van der Waals surface area contributed by atoms with E-state index < -0.39 is 5.54 Å². The van der Waals surface area contributed by atoms with Crippen LogP contribution in [0.2, 0.25) is 0 Å². The van der Waals surface area contributed by atoms with E-state index in [1.807, 2.05) is 38.1 Å². The molecule has 3 rings (SSSR count). The lowest BCUT2D eigenvalue weighted by molar-refractivity contribution is -0.121. The molecule has 0 aliphatic heterocycles. The van der Waals surface area contributed by atoms with Gasteiger partial charge in [0.1, 0.15) is 5.54 Å². The first kappa shape index (κ1) is 19.6. The Labute approximate surface area is 167 Å². The first-order chi connectivity index (χ1) is 13.0. The van der Waals surface area contributed by atoms with Crippen molar-refractivity contribution >= 4 is 39.8 Å². The van der Waals surface area contributed by atoms with Gasteiger partial charge in [0.2, 0.25) is 11.0 Å². The summed E-state index contributed by atoms with van der Waals surface area (Å²) < 4.78 is 0.724. The number of rotatable bonds is 6. The molecule has 1 aliphatic carbocycles. The van der Waals surface area contributed by atoms with E-state index in [9.17, 15) is 10.1 Å². The van der Waals surface area contributed by atoms with Crippen molar-refractivity contribution in [3.63, 3.8) is 0 Å². The zero-order valence-corrected chi connectivity index (χ0v) is 17.1. The van der Waals surface area contributed by atoms with Crippen LogP contribution in [0.3, 0.4) is 0 Å². The summed E-state index contributed by atoms with van der Waals surface area (Å²) in [5.41, 5.74) is 1.44. The van der Waals surface area contributed by atoms with E-state index in [0.717, 1.165) is 42.1 Å². The lowest BCUT2D eigenvalue weighted by atomic mass is 9.83. The van der Waals surface area contributed by atoms with E-state index >= 15 is 0 Å². The highest BCUT2D eigenvalue weighted by atomic mass is 32.2. The molecule has 0 bridgehead atoms. The van der Waals surface area contributed by atoms with E-state index in [4.69, 9.17) is 0 Å². The molecule has 8 heteroatoms. The summed E-state index contributed by atoms with van der Waals surface area (Å²) in [6.45, 7) is 3.88. The second kappa shape index (κ2) is 8.72. The number of nitrogens with one attached hydrogen (secondary N) is 2. The van der Waals surface area contributed by atoms with Crippen molar-refractivity contribution in [3.8, 4) is 6.07 Å². The minimum Gasteiger partial charge on any atom is -0.337 e. The minimum atomic E-state index is -0.705. The molecular weight excluding hydrogens is 378 g/mol. The van der Waals surface area contributed by atoms with Gasteiger partial charge in [0, 0.05) is 5.69 Å². The first-order valence-corrected chi connectivity index (χ1v) is 10.8. The van der Waals surface area contributed by atoms with Gasteiger partial charge in [-0.05, 0) is 38.8 Å². The van der Waals surface area contributed by atoms with Gasteiger partial charge in [-0.1, -0.05) is 60.1 Å². The quantitative estimate of drug-likeness (QED) is 0.697. The molecule has 0 spiro atoms. The maximum absolute atomic E-state index is 12.6. The number of thioether (sulfide) groups is 1. The third kappa shape index (κ3) is 5.21. The third-order valence-electron chi connectivity index (χ3n) is 4.64. The van der Waals surface area contributed by atoms with Gasteiger partial charge in [0.15, 0.2) is 4.34 Å². The van der Waals surface area contributed by atoms with Crippen molar-refractivity contribution in [2.24, 2.45) is 0 Å². The molecule has 0 radical (unpaired) electrons. The average Bonchev–Trinajstić information content (AvgIpc) is 3.11. The Morgan fingerprint density at radius 2 is 1.96 bits per heavy atom. The molecule has 1 aromatic carbocycles. The zero-order chi connectivity index (χ0) is 19.3. The summed E-state index contributed by atoms with van der Waals surface area (Å²) in [5.74, 6) is -0.119. The number of anilines is 2. The second-order valence-electron chi connectivity index (χ2n) is 6.87. The molecule has 6 nitrogen and oxygen atoms in total. The number of amides is 1. The number of aryl methyl sites for hydroxylation is 1. The predicted octanol–water partition coefficient (Wildman–Crippen LogP) is 4.41. The van der Waals surface area contributed by atoms with Crippen LogP contribution in [0, 0.1) is 18.3 Å². The van der Waals surface area contributed by atoms with E-state index in [-0.39, 0.29) is 11.2 Å². The van der Waals surface area contributed by atoms with E-state index in [1.165, 1.54) is 28.7 Å². The van der Waals surface area contributed by atoms with Crippen LogP contribution in [0.4, 0.5) is 10.8 Å².